The predicted molar refractivity (Wildman–Crippen MR) is 116 cm³/mol. The Bertz CT molecular complexity index is 1250. The van der Waals surface area contributed by atoms with Crippen molar-refractivity contribution in [3.8, 4) is 22.3 Å². The predicted octanol–water partition coefficient (Wildman–Crippen LogP) is 3.41. The van der Waals surface area contributed by atoms with Gasteiger partial charge in [-0.15, -0.1) is 0 Å². The summed E-state index contributed by atoms with van der Waals surface area (Å²) in [7, 11) is 3.20. The van der Waals surface area contributed by atoms with Gasteiger partial charge in [0.05, 0.1) is 0 Å². The van der Waals surface area contributed by atoms with E-state index in [0.29, 0.717) is 5.56 Å². The van der Waals surface area contributed by atoms with Gasteiger partial charge in [-0.05, 0) is 29.3 Å². The maximum Gasteiger partial charge on any atom is 0.255 e. The Balaban J connectivity index is 1.76. The Hall–Kier alpha value is -3.84. The van der Waals surface area contributed by atoms with Crippen molar-refractivity contribution in [3.05, 3.63) is 72.3 Å². The molecule has 4 aromatic rings. The summed E-state index contributed by atoms with van der Waals surface area (Å²) < 4.78 is 0. The molecule has 0 saturated carbocycles. The van der Waals surface area contributed by atoms with E-state index in [-0.39, 0.29) is 0 Å². The number of nitrogens with one attached hydrogen (secondary N) is 2. The van der Waals surface area contributed by atoms with Crippen molar-refractivity contribution in [1.29, 1.82) is 5.41 Å². The van der Waals surface area contributed by atoms with E-state index in [1.165, 1.54) is 17.3 Å². The molecular weight excluding hydrogens is 378 g/mol. The first kappa shape index (κ1) is 19.5. The molecule has 3 N–H and O–H groups in total. The molecule has 1 amide bonds. The van der Waals surface area contributed by atoms with Crippen LogP contribution < -0.4 is 0 Å². The SMILES string of the molecule is CN(C)C(=O)C(O)c1cncc(-c2cnc3[nH]cc(-c4cccc(C=N)c4)c3c2)c1. The molecule has 150 valence electrons. The van der Waals surface area contributed by atoms with Crippen molar-refractivity contribution < 1.29 is 9.90 Å². The molecule has 1 aromatic carbocycles. The highest BCUT2D eigenvalue weighted by molar-refractivity contribution is 5.96. The molecule has 0 radical (unpaired) electrons. The van der Waals surface area contributed by atoms with E-state index in [0.717, 1.165) is 38.9 Å². The molecule has 7 nitrogen and oxygen atoms in total. The summed E-state index contributed by atoms with van der Waals surface area (Å²) in [6, 6.07) is 11.5. The first-order chi connectivity index (χ1) is 14.5. The van der Waals surface area contributed by atoms with Gasteiger partial charge in [0.2, 0.25) is 0 Å². The number of hydrogen-bond acceptors (Lipinski definition) is 5. The molecule has 1 unspecified atom stereocenters. The molecule has 0 aliphatic rings. The van der Waals surface area contributed by atoms with Crippen molar-refractivity contribution in [2.24, 2.45) is 0 Å². The molecule has 0 spiro atoms. The van der Waals surface area contributed by atoms with Crippen LogP contribution in [0.2, 0.25) is 0 Å². The van der Waals surface area contributed by atoms with Gasteiger partial charge in [0, 0.05) is 72.7 Å². The van der Waals surface area contributed by atoms with Crippen LogP contribution in [-0.4, -0.2) is 51.2 Å². The summed E-state index contributed by atoms with van der Waals surface area (Å²) in [5.41, 5.74) is 5.55. The van der Waals surface area contributed by atoms with Gasteiger partial charge in [0.15, 0.2) is 6.10 Å². The maximum atomic E-state index is 12.1. The van der Waals surface area contributed by atoms with Crippen LogP contribution in [0.4, 0.5) is 0 Å². The average molecular weight is 399 g/mol. The highest BCUT2D eigenvalue weighted by Crippen LogP contribution is 2.31. The van der Waals surface area contributed by atoms with E-state index in [9.17, 15) is 9.90 Å². The molecule has 3 heterocycles. The number of aromatic amines is 1. The Morgan fingerprint density at radius 3 is 2.70 bits per heavy atom. The Kier molecular flexibility index (Phi) is 5.12. The molecule has 0 aliphatic carbocycles. The number of fused-ring (bicyclic) bond motifs is 1. The third-order valence-electron chi connectivity index (χ3n) is 4.98. The fraction of sp³-hybridized carbons (Fsp3) is 0.130. The summed E-state index contributed by atoms with van der Waals surface area (Å²) in [6.45, 7) is 0. The Labute approximate surface area is 173 Å². The van der Waals surface area contributed by atoms with Crippen LogP contribution >= 0.6 is 0 Å². The highest BCUT2D eigenvalue weighted by Gasteiger charge is 2.20. The number of likely N-dealkylation sites (N-methyl/N-ethyl adjacent to an activating group) is 1. The quantitative estimate of drug-likeness (QED) is 0.447. The number of pyridine rings is 2. The van der Waals surface area contributed by atoms with Crippen LogP contribution in [0.5, 0.6) is 0 Å². The number of aliphatic hydroxyl groups excluding tert-OH is 1. The molecule has 30 heavy (non-hydrogen) atoms. The van der Waals surface area contributed by atoms with E-state index in [1.807, 2.05) is 36.5 Å². The second-order valence-corrected chi connectivity index (χ2v) is 7.23. The summed E-state index contributed by atoms with van der Waals surface area (Å²) in [6.07, 6.45) is 6.86. The lowest BCUT2D eigenvalue weighted by Crippen LogP contribution is -2.28. The fourth-order valence-electron chi connectivity index (χ4n) is 3.35. The van der Waals surface area contributed by atoms with Gasteiger partial charge in [0.1, 0.15) is 5.65 Å². The molecule has 4 rings (SSSR count). The van der Waals surface area contributed by atoms with Crippen molar-refractivity contribution in [2.45, 2.75) is 6.10 Å². The van der Waals surface area contributed by atoms with Gasteiger partial charge >= 0.3 is 0 Å². The van der Waals surface area contributed by atoms with E-state index in [2.05, 4.69) is 15.0 Å². The number of hydrogen-bond donors (Lipinski definition) is 3. The van der Waals surface area contributed by atoms with Crippen molar-refractivity contribution in [3.63, 3.8) is 0 Å². The molecule has 0 saturated heterocycles. The lowest BCUT2D eigenvalue weighted by molar-refractivity contribution is -0.137. The van der Waals surface area contributed by atoms with E-state index in [1.54, 1.807) is 32.6 Å². The van der Waals surface area contributed by atoms with Crippen LogP contribution in [-0.2, 0) is 4.79 Å². The number of aromatic nitrogens is 3. The number of amides is 1. The molecular formula is C23H21N5O2. The average Bonchev–Trinajstić information content (AvgIpc) is 3.21. The topological polar surface area (TPSA) is 106 Å². The van der Waals surface area contributed by atoms with Crippen LogP contribution in [0.25, 0.3) is 33.3 Å². The number of carbonyl (C=O) groups excluding carboxylic acids is 1. The third kappa shape index (κ3) is 3.58. The lowest BCUT2D eigenvalue weighted by Gasteiger charge is -2.16. The third-order valence-corrected chi connectivity index (χ3v) is 4.98. The summed E-state index contributed by atoms with van der Waals surface area (Å²) in [5, 5.41) is 18.8. The number of aliphatic hydroxyl groups is 1. The van der Waals surface area contributed by atoms with Gasteiger partial charge in [-0.2, -0.15) is 0 Å². The highest BCUT2D eigenvalue weighted by atomic mass is 16.3. The van der Waals surface area contributed by atoms with Crippen LogP contribution in [0.15, 0.2) is 61.2 Å². The maximum absolute atomic E-state index is 12.1. The van der Waals surface area contributed by atoms with E-state index >= 15 is 0 Å². The first-order valence-electron chi connectivity index (χ1n) is 9.40. The van der Waals surface area contributed by atoms with E-state index < -0.39 is 12.0 Å². The molecule has 0 fully saturated rings. The minimum absolute atomic E-state index is 0.401. The fourth-order valence-corrected chi connectivity index (χ4v) is 3.35. The standard InChI is InChI=1S/C23H21N5O2/c1-28(2)23(30)21(29)18-7-16(10-25-11-18)17-8-19-20(13-27-22(19)26-12-17)15-5-3-4-14(6-15)9-24/h3-13,21,24,29H,1-2H3,(H,26,27). The number of carbonyl (C=O) groups is 1. The molecule has 0 bridgehead atoms. The molecule has 1 atom stereocenters. The van der Waals surface area contributed by atoms with Gasteiger partial charge in [-0.25, -0.2) is 4.98 Å². The van der Waals surface area contributed by atoms with Gasteiger partial charge in [-0.3, -0.25) is 9.78 Å². The summed E-state index contributed by atoms with van der Waals surface area (Å²) in [5.74, 6) is -0.401. The Morgan fingerprint density at radius 1 is 1.13 bits per heavy atom. The molecule has 3 aromatic heterocycles. The smallest absolute Gasteiger partial charge is 0.255 e. The number of rotatable bonds is 5. The normalized spacial score (nSPS) is 12.0. The van der Waals surface area contributed by atoms with Crippen LogP contribution in [0.1, 0.15) is 17.2 Å². The van der Waals surface area contributed by atoms with Crippen molar-refractivity contribution >= 4 is 23.2 Å². The zero-order valence-electron chi connectivity index (χ0n) is 16.6. The minimum Gasteiger partial charge on any atom is -0.378 e. The van der Waals surface area contributed by atoms with Crippen LogP contribution in [0.3, 0.4) is 0 Å². The first-order valence-corrected chi connectivity index (χ1v) is 9.40. The van der Waals surface area contributed by atoms with Gasteiger partial charge in [0.25, 0.3) is 5.91 Å². The largest absolute Gasteiger partial charge is 0.378 e. The Morgan fingerprint density at radius 2 is 1.93 bits per heavy atom. The number of nitrogens with zero attached hydrogens (tertiary/aromatic N) is 3. The summed E-state index contributed by atoms with van der Waals surface area (Å²) >= 11 is 0. The second kappa shape index (κ2) is 7.88. The second-order valence-electron chi connectivity index (χ2n) is 7.23. The number of benzene rings is 1. The van der Waals surface area contributed by atoms with E-state index in [4.69, 9.17) is 5.41 Å². The molecule has 0 aliphatic heterocycles. The monoisotopic (exact) mass is 399 g/mol. The minimum atomic E-state index is -1.27. The van der Waals surface area contributed by atoms with Gasteiger partial charge < -0.3 is 20.4 Å². The van der Waals surface area contributed by atoms with Crippen molar-refractivity contribution in [1.82, 2.24) is 19.9 Å². The zero-order valence-corrected chi connectivity index (χ0v) is 16.6. The number of H-pyrrole nitrogens is 1. The lowest BCUT2D eigenvalue weighted by atomic mass is 10.0. The van der Waals surface area contributed by atoms with Crippen molar-refractivity contribution in [2.75, 3.05) is 14.1 Å². The van der Waals surface area contributed by atoms with Gasteiger partial charge in [-0.1, -0.05) is 18.2 Å². The molecule has 7 heteroatoms. The zero-order chi connectivity index (χ0) is 21.3. The summed E-state index contributed by atoms with van der Waals surface area (Å²) in [4.78, 5) is 25.4. The van der Waals surface area contributed by atoms with Crippen LogP contribution in [0, 0.1) is 5.41 Å².